The molecule has 1 amide bonds. The first kappa shape index (κ1) is 70.6. The van der Waals surface area contributed by atoms with Crippen LogP contribution < -0.4 is 5.32 Å². The van der Waals surface area contributed by atoms with Crippen molar-refractivity contribution in [3.05, 3.63) is 48.6 Å². The molecule has 1 aliphatic heterocycles. The molecule has 11 nitrogen and oxygen atoms in total. The maximum atomic E-state index is 13.0. The molecule has 0 saturated carbocycles. The van der Waals surface area contributed by atoms with Crippen LogP contribution in [-0.4, -0.2) is 100 Å². The van der Waals surface area contributed by atoms with Gasteiger partial charge in [-0.25, -0.2) is 0 Å². The van der Waals surface area contributed by atoms with Crippen LogP contribution in [0.15, 0.2) is 48.6 Å². The lowest BCUT2D eigenvalue weighted by molar-refractivity contribution is -0.302. The van der Waals surface area contributed by atoms with Gasteiger partial charge in [0.1, 0.15) is 24.4 Å². The fraction of sp³-hybridized carbons (Fsp3) is 0.844. The summed E-state index contributed by atoms with van der Waals surface area (Å²) >= 11 is 0. The number of rotatable bonds is 54. The van der Waals surface area contributed by atoms with Crippen LogP contribution in [0.3, 0.4) is 0 Å². The Morgan fingerprint density at radius 3 is 1.43 bits per heavy atom. The number of aliphatic hydroxyl groups excluding tert-OH is 5. The van der Waals surface area contributed by atoms with Crippen LogP contribution in [0.2, 0.25) is 0 Å². The molecule has 1 rings (SSSR count). The first-order valence-electron chi connectivity index (χ1n) is 31.4. The fourth-order valence-corrected chi connectivity index (χ4v) is 9.66. The van der Waals surface area contributed by atoms with Gasteiger partial charge < -0.3 is 45.1 Å². The van der Waals surface area contributed by atoms with Crippen molar-refractivity contribution in [2.45, 2.75) is 326 Å². The number of allylic oxidation sites excluding steroid dienone is 7. The highest BCUT2D eigenvalue weighted by Crippen LogP contribution is 2.23. The van der Waals surface area contributed by atoms with Crippen LogP contribution in [0.1, 0.15) is 284 Å². The highest BCUT2D eigenvalue weighted by molar-refractivity contribution is 5.76. The summed E-state index contributed by atoms with van der Waals surface area (Å²) in [4.78, 5) is 25.1. The monoisotopic (exact) mass is 1060 g/mol. The SMILES string of the molecule is CCCCC/C=C/CC/C=C/C(O)C(COC1OC(CO)C(O)C(O)C1O)NC(=O)CCCCCCCCC/C=C\C/C=C\CCCCCCCCCCCOC(=O)CCCCCCCCCCCCCCCCC. The molecule has 0 radical (unpaired) electrons. The third-order valence-electron chi connectivity index (χ3n) is 14.7. The standard InChI is InChI=1S/C64H117NO10/c1-3-5-7-9-11-13-14-15-25-29-32-36-40-44-48-52-60(69)73-53-49-45-41-37-33-30-27-24-22-20-18-16-17-19-21-23-26-28-31-35-39-43-47-51-59(68)65-56(57(67)50-46-42-38-34-12-10-8-6-4-2)55-74-64-63(72)62(71)61(70)58(54-66)75-64/h12,16,18-19,21,34,46,50,56-58,61-64,66-67,70-72H,3-11,13-15,17,20,22-33,35-45,47-49,51-55H2,1-2H3,(H,65,68)/b18-16-,21-19-,34-12+,50-46+. The van der Waals surface area contributed by atoms with Crippen LogP contribution in [0.4, 0.5) is 0 Å². The molecule has 75 heavy (non-hydrogen) atoms. The zero-order valence-electron chi connectivity index (χ0n) is 48.3. The van der Waals surface area contributed by atoms with E-state index in [0.29, 0.717) is 19.4 Å². The van der Waals surface area contributed by atoms with Gasteiger partial charge in [-0.1, -0.05) is 242 Å². The Balaban J connectivity index is 2.01. The quantitative estimate of drug-likeness (QED) is 0.0195. The Bertz CT molecular complexity index is 1390. The van der Waals surface area contributed by atoms with Crippen LogP contribution in [-0.2, 0) is 23.8 Å². The number of carbonyl (C=O) groups is 2. The molecule has 1 saturated heterocycles. The lowest BCUT2D eigenvalue weighted by atomic mass is 9.99. The molecular formula is C64H117NO10. The minimum atomic E-state index is -1.58. The molecule has 7 unspecified atom stereocenters. The van der Waals surface area contributed by atoms with E-state index in [-0.39, 0.29) is 18.5 Å². The van der Waals surface area contributed by atoms with Crippen molar-refractivity contribution in [3.63, 3.8) is 0 Å². The molecule has 0 aromatic carbocycles. The summed E-state index contributed by atoms with van der Waals surface area (Å²) in [6.45, 7) is 4.27. The van der Waals surface area contributed by atoms with E-state index >= 15 is 0 Å². The van der Waals surface area contributed by atoms with Crippen molar-refractivity contribution >= 4 is 11.9 Å². The van der Waals surface area contributed by atoms with E-state index in [0.717, 1.165) is 83.5 Å². The van der Waals surface area contributed by atoms with Gasteiger partial charge in [-0.3, -0.25) is 9.59 Å². The summed E-state index contributed by atoms with van der Waals surface area (Å²) in [6.07, 6.45) is 58.1. The Labute approximate surface area is 459 Å². The van der Waals surface area contributed by atoms with Crippen molar-refractivity contribution in [2.75, 3.05) is 19.8 Å². The summed E-state index contributed by atoms with van der Waals surface area (Å²) in [5, 5.41) is 54.1. The average molecular weight is 1060 g/mol. The van der Waals surface area contributed by atoms with Gasteiger partial charge in [0, 0.05) is 12.8 Å². The zero-order valence-corrected chi connectivity index (χ0v) is 48.3. The molecule has 0 aromatic rings. The van der Waals surface area contributed by atoms with Gasteiger partial charge in [-0.2, -0.15) is 0 Å². The molecule has 1 heterocycles. The Hall–Kier alpha value is -2.38. The minimum absolute atomic E-state index is 0.00270. The van der Waals surface area contributed by atoms with Gasteiger partial charge in [0.15, 0.2) is 6.29 Å². The molecule has 11 heteroatoms. The molecule has 6 N–H and O–H groups in total. The first-order chi connectivity index (χ1) is 36.7. The summed E-state index contributed by atoms with van der Waals surface area (Å²) in [6, 6.07) is -0.834. The number of aliphatic hydroxyl groups is 5. The molecule has 0 spiro atoms. The smallest absolute Gasteiger partial charge is 0.305 e. The van der Waals surface area contributed by atoms with Gasteiger partial charge in [-0.15, -0.1) is 0 Å². The Morgan fingerprint density at radius 2 is 0.907 bits per heavy atom. The van der Waals surface area contributed by atoms with Crippen molar-refractivity contribution in [3.8, 4) is 0 Å². The van der Waals surface area contributed by atoms with Gasteiger partial charge in [0.05, 0.1) is 32.0 Å². The number of ether oxygens (including phenoxy) is 3. The van der Waals surface area contributed by atoms with Crippen molar-refractivity contribution in [1.29, 1.82) is 0 Å². The van der Waals surface area contributed by atoms with Gasteiger partial charge in [-0.05, 0) is 77.0 Å². The Morgan fingerprint density at radius 1 is 0.493 bits per heavy atom. The van der Waals surface area contributed by atoms with Gasteiger partial charge >= 0.3 is 5.97 Å². The predicted octanol–water partition coefficient (Wildman–Crippen LogP) is 14.8. The van der Waals surface area contributed by atoms with Crippen molar-refractivity contribution < 1.29 is 49.3 Å². The van der Waals surface area contributed by atoms with E-state index in [1.54, 1.807) is 6.08 Å². The molecule has 438 valence electrons. The summed E-state index contributed by atoms with van der Waals surface area (Å²) < 4.78 is 16.7. The highest BCUT2D eigenvalue weighted by Gasteiger charge is 2.44. The topological polar surface area (TPSA) is 175 Å². The van der Waals surface area contributed by atoms with Gasteiger partial charge in [0.25, 0.3) is 0 Å². The number of hydrogen-bond acceptors (Lipinski definition) is 10. The molecule has 1 fully saturated rings. The number of unbranched alkanes of at least 4 members (excludes halogenated alkanes) is 34. The lowest BCUT2D eigenvalue weighted by Crippen LogP contribution is -2.60. The highest BCUT2D eigenvalue weighted by atomic mass is 16.7. The Kier molecular flexibility index (Phi) is 50.5. The fourth-order valence-electron chi connectivity index (χ4n) is 9.66. The minimum Gasteiger partial charge on any atom is -0.466 e. The van der Waals surface area contributed by atoms with E-state index in [1.165, 1.54) is 173 Å². The third kappa shape index (κ3) is 43.2. The molecule has 0 aliphatic carbocycles. The second-order valence-electron chi connectivity index (χ2n) is 21.8. The second-order valence-corrected chi connectivity index (χ2v) is 21.8. The van der Waals surface area contributed by atoms with Crippen molar-refractivity contribution in [1.82, 2.24) is 5.32 Å². The van der Waals surface area contributed by atoms with E-state index in [4.69, 9.17) is 14.2 Å². The lowest BCUT2D eigenvalue weighted by Gasteiger charge is -2.40. The zero-order chi connectivity index (χ0) is 54.5. The number of nitrogens with one attached hydrogen (secondary N) is 1. The van der Waals surface area contributed by atoms with Crippen molar-refractivity contribution in [2.24, 2.45) is 0 Å². The summed E-state index contributed by atoms with van der Waals surface area (Å²) in [7, 11) is 0. The number of amides is 1. The number of esters is 1. The van der Waals surface area contributed by atoms with Crippen LogP contribution in [0, 0.1) is 0 Å². The summed E-state index contributed by atoms with van der Waals surface area (Å²) in [5.41, 5.74) is 0. The molecule has 7 atom stereocenters. The predicted molar refractivity (Wildman–Crippen MR) is 310 cm³/mol. The second kappa shape index (κ2) is 53.6. The average Bonchev–Trinajstić information content (AvgIpc) is 3.41. The van der Waals surface area contributed by atoms with Crippen LogP contribution >= 0.6 is 0 Å². The largest absolute Gasteiger partial charge is 0.466 e. The third-order valence-corrected chi connectivity index (χ3v) is 14.7. The van der Waals surface area contributed by atoms with Crippen LogP contribution in [0.5, 0.6) is 0 Å². The van der Waals surface area contributed by atoms with Gasteiger partial charge in [0.2, 0.25) is 5.91 Å². The maximum absolute atomic E-state index is 13.0. The van der Waals surface area contributed by atoms with Crippen LogP contribution in [0.25, 0.3) is 0 Å². The molecule has 0 aromatic heterocycles. The van der Waals surface area contributed by atoms with E-state index in [2.05, 4.69) is 55.6 Å². The molecular weight excluding hydrogens is 943 g/mol. The van der Waals surface area contributed by atoms with E-state index in [1.807, 2.05) is 6.08 Å². The first-order valence-corrected chi connectivity index (χ1v) is 31.4. The molecule has 0 bridgehead atoms. The summed E-state index contributed by atoms with van der Waals surface area (Å²) in [5.74, 6) is -0.208. The number of carbonyl (C=O) groups excluding carboxylic acids is 2. The van der Waals surface area contributed by atoms with E-state index < -0.39 is 49.5 Å². The molecule has 1 aliphatic rings. The number of hydrogen-bond donors (Lipinski definition) is 6. The van der Waals surface area contributed by atoms with E-state index in [9.17, 15) is 35.1 Å². The maximum Gasteiger partial charge on any atom is 0.305 e. The normalized spacial score (nSPS) is 19.1.